The van der Waals surface area contributed by atoms with Gasteiger partial charge in [-0.15, -0.1) is 0 Å². The molecule has 2 atom stereocenters. The van der Waals surface area contributed by atoms with Gasteiger partial charge in [-0.3, -0.25) is 26.2 Å². The maximum absolute atomic E-state index is 12.8. The van der Waals surface area contributed by atoms with Crippen molar-refractivity contribution in [3.63, 3.8) is 0 Å². The largest absolute Gasteiger partial charge is 0.464 e. The first-order valence-electron chi connectivity index (χ1n) is 18.5. The minimum Gasteiger partial charge on any atom is -0.464 e. The van der Waals surface area contributed by atoms with E-state index in [1.54, 1.807) is 64.5 Å². The molecule has 0 saturated carbocycles. The van der Waals surface area contributed by atoms with E-state index in [1.807, 2.05) is 69.3 Å². The number of hydrogen-bond donors (Lipinski definition) is 6. The van der Waals surface area contributed by atoms with Crippen LogP contribution in [-0.2, 0) is 22.3 Å². The number of alkyl carbamates (subject to hydrolysis) is 2. The Hall–Kier alpha value is -5.78. The number of hydrogen-bond acceptors (Lipinski definition) is 12. The fourth-order valence-electron chi connectivity index (χ4n) is 5.84. The van der Waals surface area contributed by atoms with Gasteiger partial charge >= 0.3 is 12.2 Å². The van der Waals surface area contributed by atoms with Crippen LogP contribution in [0.2, 0.25) is 0 Å². The van der Waals surface area contributed by atoms with Crippen molar-refractivity contribution in [3.05, 3.63) is 108 Å². The number of benzene rings is 3. The summed E-state index contributed by atoms with van der Waals surface area (Å²) in [5.41, 5.74) is 8.75. The molecule has 1 aliphatic heterocycles. The highest BCUT2D eigenvalue weighted by molar-refractivity contribution is 6.21. The van der Waals surface area contributed by atoms with Gasteiger partial charge < -0.3 is 45.3 Å². The number of nitrogens with zero attached hydrogens (tertiary/aromatic N) is 1. The van der Waals surface area contributed by atoms with Crippen molar-refractivity contribution in [1.82, 2.24) is 15.5 Å². The molecule has 3 heterocycles. The fraction of sp³-hybridized carbons (Fsp3) is 0.381. The number of carbonyl (C=O) groups excluding carboxylic acids is 4. The fourth-order valence-corrected chi connectivity index (χ4v) is 5.84. The Morgan fingerprint density at radius 2 is 1.07 bits per heavy atom. The average molecular weight is 807 g/mol. The summed E-state index contributed by atoms with van der Waals surface area (Å²) >= 11 is 0. The van der Waals surface area contributed by atoms with E-state index in [-0.39, 0.29) is 36.5 Å². The molecule has 16 heteroatoms. The summed E-state index contributed by atoms with van der Waals surface area (Å²) in [6.07, 6.45) is 3.25. The van der Waals surface area contributed by atoms with Gasteiger partial charge in [0.05, 0.1) is 36.2 Å². The summed E-state index contributed by atoms with van der Waals surface area (Å²) in [6, 6.07) is 21.3. The predicted molar refractivity (Wildman–Crippen MR) is 222 cm³/mol. The Kier molecular flexibility index (Phi) is 18.5. The molecule has 16 nitrogen and oxygen atoms in total. The van der Waals surface area contributed by atoms with E-state index < -0.39 is 29.4 Å². The van der Waals surface area contributed by atoms with Gasteiger partial charge in [-0.25, -0.2) is 9.59 Å². The normalized spacial score (nSPS) is 13.0. The minimum absolute atomic E-state index is 0. The quantitative estimate of drug-likeness (QED) is 0.0654. The van der Waals surface area contributed by atoms with Crippen LogP contribution >= 0.6 is 0 Å². The molecule has 0 aliphatic carbocycles. The topological polar surface area (TPSA) is 270 Å². The van der Waals surface area contributed by atoms with Gasteiger partial charge in [-0.1, -0.05) is 48.5 Å². The second-order valence-electron chi connectivity index (χ2n) is 14.9. The Morgan fingerprint density at radius 3 is 1.47 bits per heavy atom. The van der Waals surface area contributed by atoms with Gasteiger partial charge in [-0.2, -0.15) is 0 Å². The van der Waals surface area contributed by atoms with Gasteiger partial charge in [0, 0.05) is 41.1 Å². The van der Waals surface area contributed by atoms with Crippen molar-refractivity contribution in [2.75, 3.05) is 19.7 Å². The number of imide groups is 1. The van der Waals surface area contributed by atoms with Crippen molar-refractivity contribution in [2.45, 2.75) is 84.6 Å². The molecule has 2 aromatic heterocycles. The number of nitrogens with two attached hydrogens (primary N) is 3. The third kappa shape index (κ3) is 14.0. The van der Waals surface area contributed by atoms with Crippen LogP contribution in [0.25, 0.3) is 21.9 Å². The number of para-hydroxylation sites is 2. The van der Waals surface area contributed by atoms with E-state index >= 15 is 0 Å². The summed E-state index contributed by atoms with van der Waals surface area (Å²) in [6.45, 7) is 13.1. The number of carbonyl (C=O) groups is 4. The van der Waals surface area contributed by atoms with Gasteiger partial charge in [0.25, 0.3) is 11.8 Å². The lowest BCUT2D eigenvalue weighted by Gasteiger charge is -2.26. The maximum Gasteiger partial charge on any atom is 0.407 e. The summed E-state index contributed by atoms with van der Waals surface area (Å²) in [4.78, 5) is 51.1. The Bertz CT molecular complexity index is 2050. The monoisotopic (exact) mass is 806 g/mol. The lowest BCUT2D eigenvalue weighted by atomic mass is 10.0. The van der Waals surface area contributed by atoms with Crippen molar-refractivity contribution in [1.29, 1.82) is 0 Å². The van der Waals surface area contributed by atoms with Crippen LogP contribution in [-0.4, -0.2) is 82.5 Å². The number of rotatable bonds is 9. The van der Waals surface area contributed by atoms with Gasteiger partial charge in [0.2, 0.25) is 0 Å². The van der Waals surface area contributed by atoms with Crippen LogP contribution in [0.1, 0.15) is 80.3 Å². The lowest BCUT2D eigenvalue weighted by Crippen LogP contribution is -2.48. The van der Waals surface area contributed by atoms with Crippen LogP contribution in [0.5, 0.6) is 0 Å². The highest BCUT2D eigenvalue weighted by Crippen LogP contribution is 2.26. The summed E-state index contributed by atoms with van der Waals surface area (Å²) in [7, 11) is 0. The van der Waals surface area contributed by atoms with E-state index in [0.717, 1.165) is 33.1 Å². The van der Waals surface area contributed by atoms with Gasteiger partial charge in [-0.05, 0) is 85.6 Å². The van der Waals surface area contributed by atoms with E-state index in [1.165, 1.54) is 4.90 Å². The Morgan fingerprint density at radius 1 is 0.707 bits per heavy atom. The molecular formula is C42H58N6O10. The summed E-state index contributed by atoms with van der Waals surface area (Å²) < 4.78 is 21.7. The first-order valence-corrected chi connectivity index (χ1v) is 18.5. The molecule has 0 spiro atoms. The highest BCUT2D eigenvalue weighted by Gasteiger charge is 2.37. The Labute approximate surface area is 338 Å². The van der Waals surface area contributed by atoms with Crippen LogP contribution in [0.4, 0.5) is 9.59 Å². The third-order valence-corrected chi connectivity index (χ3v) is 8.06. The molecule has 0 saturated heterocycles. The number of furan rings is 2. The lowest BCUT2D eigenvalue weighted by molar-refractivity contribution is 0.0467. The zero-order valence-corrected chi connectivity index (χ0v) is 34.2. The molecule has 5 aromatic rings. The zero-order valence-electron chi connectivity index (χ0n) is 34.2. The van der Waals surface area contributed by atoms with Crippen LogP contribution in [0, 0.1) is 0 Å². The van der Waals surface area contributed by atoms with Crippen LogP contribution < -0.4 is 28.1 Å². The molecule has 0 radical (unpaired) electrons. The molecule has 58 heavy (non-hydrogen) atoms. The zero-order chi connectivity index (χ0) is 42.3. The van der Waals surface area contributed by atoms with Crippen LogP contribution in [0.3, 0.4) is 0 Å². The van der Waals surface area contributed by atoms with E-state index in [0.29, 0.717) is 30.5 Å². The number of aliphatic hydroxyl groups is 1. The third-order valence-electron chi connectivity index (χ3n) is 8.06. The average Bonchev–Trinajstić information content (AvgIpc) is 3.82. The Balaban J connectivity index is 0.000000375. The molecule has 0 bridgehead atoms. The molecule has 3 aromatic carbocycles. The smallest absolute Gasteiger partial charge is 0.407 e. The molecule has 316 valence electrons. The minimum atomic E-state index is -0.674. The molecule has 11 N–H and O–H groups in total. The number of nitrogens with one attached hydrogen (secondary N) is 2. The molecule has 0 unspecified atom stereocenters. The second-order valence-corrected chi connectivity index (χ2v) is 14.9. The predicted octanol–water partition coefficient (Wildman–Crippen LogP) is 4.98. The second kappa shape index (κ2) is 22.2. The summed E-state index contributed by atoms with van der Waals surface area (Å²) in [5.74, 6) is 7.27. The maximum atomic E-state index is 12.8. The molecule has 4 amide bonds. The van der Waals surface area contributed by atoms with E-state index in [4.69, 9.17) is 29.1 Å². The SMILES string of the molecule is CC(C)(C)OC(=O)N[C@@H](Cc1coc2ccccc12)CN1C(=O)c2ccccc2C1=O.CC(C)(C)OC(=O)N[C@H](CN)Cc1coc2ccccc12.CCO.NN.O. The summed E-state index contributed by atoms with van der Waals surface area (Å²) in [5, 5.41) is 15.2. The number of fused-ring (bicyclic) bond motifs is 3. The molecule has 6 rings (SSSR count). The standard InChI is InChI=1S/C24H24N2O5.C16H22N2O3.C2H6O.H4N2.H2O/c1-24(2,3)31-23(29)25-16(12-15-14-30-20-11-7-6-8-17(15)20)13-26-21(27)18-9-4-5-10-19(18)22(26)28;1-16(2,3)21-15(19)18-12(9-17)8-11-10-20-14-7-5-4-6-13(11)14;1-2-3;1-2;/h4-11,14,16H,12-13H2,1-3H3,(H,25,29);4-7,10,12H,8-9,17H2,1-3H3,(H,18,19);3H,2H2,1H3;1-2H2;1H2/t16-;12-;;;/m00.../s1. The van der Waals surface area contributed by atoms with Crippen LogP contribution in [0.15, 0.2) is 94.2 Å². The van der Waals surface area contributed by atoms with Gasteiger partial charge in [0.15, 0.2) is 0 Å². The number of amides is 4. The highest BCUT2D eigenvalue weighted by atomic mass is 16.6. The molecule has 1 aliphatic rings. The first kappa shape index (κ1) is 48.4. The van der Waals surface area contributed by atoms with Gasteiger partial charge in [0.1, 0.15) is 22.4 Å². The van der Waals surface area contributed by atoms with Crippen molar-refractivity contribution in [3.8, 4) is 0 Å². The van der Waals surface area contributed by atoms with E-state index in [9.17, 15) is 19.2 Å². The number of ether oxygens (including phenoxy) is 2. The first-order chi connectivity index (χ1) is 27.0. The van der Waals surface area contributed by atoms with Crippen molar-refractivity contribution < 1.29 is 48.1 Å². The van der Waals surface area contributed by atoms with Crippen molar-refractivity contribution >= 4 is 45.9 Å². The van der Waals surface area contributed by atoms with E-state index in [2.05, 4.69) is 22.3 Å². The van der Waals surface area contributed by atoms with Crippen molar-refractivity contribution in [2.24, 2.45) is 17.4 Å². The molecular weight excluding hydrogens is 748 g/mol. The number of aliphatic hydroxyl groups excluding tert-OH is 1. The number of hydrazine groups is 1. The molecule has 0 fully saturated rings.